The molecular formula is C44H42N2O8. The number of anilines is 1. The van der Waals surface area contributed by atoms with Gasteiger partial charge in [0.15, 0.2) is 0 Å². The number of aliphatic hydroxyl groups excluding tert-OH is 1. The second-order valence-corrected chi connectivity index (χ2v) is 14.6. The summed E-state index contributed by atoms with van der Waals surface area (Å²) in [5.41, 5.74) is 0.208. The molecule has 3 fully saturated rings. The summed E-state index contributed by atoms with van der Waals surface area (Å²) in [7, 11) is 0. The molecule has 0 aromatic heterocycles. The van der Waals surface area contributed by atoms with Crippen LogP contribution >= 0.6 is 0 Å². The van der Waals surface area contributed by atoms with Crippen LogP contribution in [0.3, 0.4) is 0 Å². The number of carboxylic acids is 1. The van der Waals surface area contributed by atoms with E-state index in [-0.39, 0.29) is 13.2 Å². The molecule has 10 nitrogen and oxygen atoms in total. The lowest BCUT2D eigenvalue weighted by Gasteiger charge is -2.46. The number of cyclic esters (lactones) is 1. The molecule has 10 heteroatoms. The van der Waals surface area contributed by atoms with Crippen molar-refractivity contribution >= 4 is 23.5 Å². The number of carboxylic acid groups (broad SMARTS) is 1. The van der Waals surface area contributed by atoms with Gasteiger partial charge >= 0.3 is 11.9 Å². The number of ether oxygens (including phenoxy) is 2. The Hall–Kier alpha value is -5.47. The molecule has 0 unspecified atom stereocenters. The van der Waals surface area contributed by atoms with E-state index >= 15 is 4.79 Å². The van der Waals surface area contributed by atoms with Crippen LogP contribution in [0.1, 0.15) is 84.5 Å². The average molecular weight is 727 g/mol. The number of carbonyl (C=O) groups is 3. The third kappa shape index (κ3) is 5.93. The summed E-state index contributed by atoms with van der Waals surface area (Å²) in [5, 5.41) is 35.5. The highest BCUT2D eigenvalue weighted by molar-refractivity contribution is 6.11. The van der Waals surface area contributed by atoms with Gasteiger partial charge in [0, 0.05) is 16.8 Å². The highest BCUT2D eigenvalue weighted by Crippen LogP contribution is 2.65. The molecule has 0 radical (unpaired) electrons. The van der Waals surface area contributed by atoms with Gasteiger partial charge in [0.05, 0.1) is 18.7 Å². The number of fused-ring (bicyclic) bond motifs is 3. The van der Waals surface area contributed by atoms with Crippen LogP contribution in [0.5, 0.6) is 5.75 Å². The number of amides is 1. The molecule has 3 heterocycles. The maximum Gasteiger partial charge on any atom is 0.325 e. The summed E-state index contributed by atoms with van der Waals surface area (Å²) in [6, 6.07) is 27.8. The number of benzene rings is 4. The lowest BCUT2D eigenvalue weighted by atomic mass is 9.65. The van der Waals surface area contributed by atoms with E-state index in [2.05, 4.69) is 17.2 Å². The first-order chi connectivity index (χ1) is 26.3. The average Bonchev–Trinajstić information content (AvgIpc) is 3.55. The van der Waals surface area contributed by atoms with Crippen molar-refractivity contribution in [3.63, 3.8) is 0 Å². The van der Waals surface area contributed by atoms with Crippen molar-refractivity contribution < 1.29 is 39.2 Å². The third-order valence-electron chi connectivity index (χ3n) is 11.5. The Balaban J connectivity index is 1.40. The summed E-state index contributed by atoms with van der Waals surface area (Å²) in [4.78, 5) is 45.4. The number of rotatable bonds is 7. The Morgan fingerprint density at radius 2 is 1.54 bits per heavy atom. The molecule has 4 aromatic carbocycles. The lowest BCUT2D eigenvalue weighted by molar-refractivity contribution is -0.179. The van der Waals surface area contributed by atoms with E-state index < -0.39 is 59.0 Å². The molecule has 1 aliphatic carbocycles. The topological polar surface area (TPSA) is 146 Å². The molecule has 1 saturated carbocycles. The molecule has 4 N–H and O–H groups in total. The molecule has 1 spiro atoms. The fraction of sp³-hybridized carbons (Fsp3) is 0.341. The first-order valence-electron chi connectivity index (χ1n) is 18.6. The van der Waals surface area contributed by atoms with Crippen LogP contribution in [0.15, 0.2) is 103 Å². The molecule has 276 valence electrons. The standard InChI is InChI=1S/C44H42N2O8/c47-25-26-53-34-18-10-9-17-31(34)39-44(32-27-28(19-20-33(32)45-42(44)51)21-24-43(52)22-11-1-2-12-23-43)35(40(48)49)37-41(50)54-38(30-15-7-4-8-16-30)36(46(37)39)29-13-5-3-6-14-29/h3-10,13-20,27,35-39,47,52H,1-2,11-12,22-23,25-26H2,(H,45,51)(H,48,49)/t35-,36-,37-,38+,39+,44-/m1/s1. The smallest absolute Gasteiger partial charge is 0.325 e. The van der Waals surface area contributed by atoms with E-state index in [4.69, 9.17) is 9.47 Å². The number of hydrogen-bond donors (Lipinski definition) is 4. The maximum atomic E-state index is 15.0. The maximum absolute atomic E-state index is 15.0. The van der Waals surface area contributed by atoms with Crippen LogP contribution < -0.4 is 10.1 Å². The van der Waals surface area contributed by atoms with Gasteiger partial charge in [-0.15, -0.1) is 0 Å². The van der Waals surface area contributed by atoms with Crippen molar-refractivity contribution in [3.05, 3.63) is 131 Å². The van der Waals surface area contributed by atoms with Crippen molar-refractivity contribution in [2.45, 2.75) is 73.8 Å². The molecule has 2 saturated heterocycles. The normalized spacial score (nSPS) is 27.1. The van der Waals surface area contributed by atoms with Crippen LogP contribution in [0, 0.1) is 17.8 Å². The fourth-order valence-electron chi connectivity index (χ4n) is 9.24. The van der Waals surface area contributed by atoms with E-state index in [0.29, 0.717) is 46.5 Å². The number of morpholine rings is 1. The molecule has 6 atom stereocenters. The number of para-hydroxylation sites is 1. The molecule has 3 aliphatic heterocycles. The third-order valence-corrected chi connectivity index (χ3v) is 11.5. The van der Waals surface area contributed by atoms with Crippen LogP contribution in [-0.4, -0.2) is 62.9 Å². The second-order valence-electron chi connectivity index (χ2n) is 14.6. The van der Waals surface area contributed by atoms with Crippen LogP contribution in [-0.2, 0) is 24.5 Å². The van der Waals surface area contributed by atoms with E-state index in [9.17, 15) is 24.9 Å². The lowest BCUT2D eigenvalue weighted by Crippen LogP contribution is -2.52. The number of esters is 1. The Bertz CT molecular complexity index is 2120. The van der Waals surface area contributed by atoms with Crippen molar-refractivity contribution in [2.75, 3.05) is 18.5 Å². The van der Waals surface area contributed by atoms with E-state index in [1.54, 1.807) is 42.5 Å². The number of aliphatic hydroxyl groups is 2. The minimum Gasteiger partial charge on any atom is -0.491 e. The van der Waals surface area contributed by atoms with Crippen molar-refractivity contribution in [1.82, 2.24) is 4.90 Å². The van der Waals surface area contributed by atoms with Crippen LogP contribution in [0.4, 0.5) is 5.69 Å². The largest absolute Gasteiger partial charge is 0.491 e. The fourth-order valence-corrected chi connectivity index (χ4v) is 9.24. The van der Waals surface area contributed by atoms with Gasteiger partial charge in [-0.25, -0.2) is 0 Å². The van der Waals surface area contributed by atoms with Gasteiger partial charge in [0.2, 0.25) is 5.91 Å². The summed E-state index contributed by atoms with van der Waals surface area (Å²) < 4.78 is 12.4. The summed E-state index contributed by atoms with van der Waals surface area (Å²) in [6.45, 7) is -0.328. The SMILES string of the molecule is O=C1O[C@@H](c2ccccc2)[C@@H](c2ccccc2)N2[C@@H](c3ccccc3OCCO)[C@]3(C(=O)Nc4ccc(C#CC5(O)CCCCCC5)cc43)[C@@H](C(=O)O)[C@H]12. The monoisotopic (exact) mass is 726 g/mol. The van der Waals surface area contributed by atoms with Gasteiger partial charge in [0.25, 0.3) is 0 Å². The van der Waals surface area contributed by atoms with E-state index in [1.807, 2.05) is 65.6 Å². The second kappa shape index (κ2) is 14.4. The van der Waals surface area contributed by atoms with E-state index in [0.717, 1.165) is 31.2 Å². The number of hydrogen-bond acceptors (Lipinski definition) is 8. The number of nitrogens with zero attached hydrogens (tertiary/aromatic N) is 1. The Labute approximate surface area is 313 Å². The quantitative estimate of drug-likeness (QED) is 0.105. The van der Waals surface area contributed by atoms with Crippen molar-refractivity contribution in [2.24, 2.45) is 5.92 Å². The van der Waals surface area contributed by atoms with E-state index in [1.165, 1.54) is 0 Å². The van der Waals surface area contributed by atoms with Crippen molar-refractivity contribution in [1.29, 1.82) is 0 Å². The van der Waals surface area contributed by atoms with Gasteiger partial charge in [-0.1, -0.05) is 104 Å². The van der Waals surface area contributed by atoms with Gasteiger partial charge in [-0.3, -0.25) is 19.3 Å². The molecular weight excluding hydrogens is 684 g/mol. The summed E-state index contributed by atoms with van der Waals surface area (Å²) >= 11 is 0. The Morgan fingerprint density at radius 3 is 2.22 bits per heavy atom. The zero-order valence-corrected chi connectivity index (χ0v) is 29.7. The van der Waals surface area contributed by atoms with Crippen molar-refractivity contribution in [3.8, 4) is 17.6 Å². The Morgan fingerprint density at radius 1 is 0.870 bits per heavy atom. The number of aliphatic carboxylic acids is 1. The predicted octanol–water partition coefficient (Wildman–Crippen LogP) is 5.85. The molecule has 8 rings (SSSR count). The Kier molecular flexibility index (Phi) is 9.48. The highest BCUT2D eigenvalue weighted by Gasteiger charge is 2.74. The molecule has 0 bridgehead atoms. The molecule has 1 amide bonds. The summed E-state index contributed by atoms with van der Waals surface area (Å²) in [5.74, 6) is 2.33. The van der Waals surface area contributed by atoms with Crippen LogP contribution in [0.25, 0.3) is 0 Å². The zero-order valence-electron chi connectivity index (χ0n) is 29.7. The predicted molar refractivity (Wildman–Crippen MR) is 199 cm³/mol. The van der Waals surface area contributed by atoms with Gasteiger partial charge < -0.3 is 30.1 Å². The minimum absolute atomic E-state index is 0.0508. The highest BCUT2D eigenvalue weighted by atomic mass is 16.6. The molecule has 54 heavy (non-hydrogen) atoms. The van der Waals surface area contributed by atoms with Crippen LogP contribution in [0.2, 0.25) is 0 Å². The van der Waals surface area contributed by atoms with Gasteiger partial charge in [0.1, 0.15) is 41.4 Å². The van der Waals surface area contributed by atoms with Gasteiger partial charge in [-0.2, -0.15) is 0 Å². The molecule has 4 aliphatic rings. The minimum atomic E-state index is -1.89. The first kappa shape index (κ1) is 35.6. The zero-order chi connectivity index (χ0) is 37.5. The summed E-state index contributed by atoms with van der Waals surface area (Å²) in [6.07, 6.45) is 4.07. The first-order valence-corrected chi connectivity index (χ1v) is 18.6. The number of nitrogens with one attached hydrogen (secondary N) is 1. The molecule has 4 aromatic rings. The van der Waals surface area contributed by atoms with Gasteiger partial charge in [-0.05, 0) is 66.6 Å². The number of carbonyl (C=O) groups excluding carboxylic acids is 2.